The fourth-order valence-corrected chi connectivity index (χ4v) is 6.38. The zero-order chi connectivity index (χ0) is 27.6. The monoisotopic (exact) mass is 549 g/mol. The molecule has 1 fully saturated rings. The first kappa shape index (κ1) is 27.1. The second-order valence-corrected chi connectivity index (χ2v) is 12.1. The number of nitrogens with one attached hydrogen (secondary N) is 2. The lowest BCUT2D eigenvalue weighted by atomic mass is 9.97. The fraction of sp³-hybridized carbons (Fsp3) is 0.379. The summed E-state index contributed by atoms with van der Waals surface area (Å²) in [5, 5.41) is 0. The normalized spacial score (nSPS) is 15.2. The van der Waals surface area contributed by atoms with Crippen molar-refractivity contribution in [1.29, 1.82) is 0 Å². The molecule has 5 rings (SSSR count). The average Bonchev–Trinajstić information content (AvgIpc) is 3.40. The van der Waals surface area contributed by atoms with E-state index in [1.165, 1.54) is 12.6 Å². The zero-order valence-electron chi connectivity index (χ0n) is 22.4. The summed E-state index contributed by atoms with van der Waals surface area (Å²) in [6.45, 7) is 5.72. The van der Waals surface area contributed by atoms with Gasteiger partial charge in [0, 0.05) is 32.4 Å². The first-order valence-corrected chi connectivity index (χ1v) is 14.9. The number of nitrogens with zero attached hydrogens (tertiary/aromatic N) is 3. The van der Waals surface area contributed by atoms with Crippen molar-refractivity contribution < 1.29 is 8.42 Å². The highest BCUT2D eigenvalue weighted by molar-refractivity contribution is 7.89. The molecule has 0 atom stereocenters. The van der Waals surface area contributed by atoms with E-state index in [2.05, 4.69) is 38.9 Å². The summed E-state index contributed by atoms with van der Waals surface area (Å²) < 4.78 is 31.5. The van der Waals surface area contributed by atoms with Crippen LogP contribution in [0, 0.1) is 5.92 Å². The van der Waals surface area contributed by atoms with Crippen molar-refractivity contribution in [1.82, 2.24) is 23.7 Å². The van der Waals surface area contributed by atoms with Crippen molar-refractivity contribution in [2.24, 2.45) is 13.0 Å². The highest BCUT2D eigenvalue weighted by Crippen LogP contribution is 2.24. The number of aromatic amines is 1. The van der Waals surface area contributed by atoms with E-state index >= 15 is 0 Å². The number of aromatic nitrogens is 3. The van der Waals surface area contributed by atoms with Crippen molar-refractivity contribution in [2.75, 3.05) is 19.6 Å². The number of benzene rings is 2. The third-order valence-corrected chi connectivity index (χ3v) is 9.00. The van der Waals surface area contributed by atoms with Gasteiger partial charge in [0.05, 0.1) is 10.4 Å². The highest BCUT2D eigenvalue weighted by Gasteiger charge is 2.22. The third-order valence-electron chi connectivity index (χ3n) is 7.57. The predicted octanol–water partition coefficient (Wildman–Crippen LogP) is 3.30. The molecule has 0 unspecified atom stereocenters. The minimum absolute atomic E-state index is 0.197. The lowest BCUT2D eigenvalue weighted by molar-refractivity contribution is 0.178. The minimum Gasteiger partial charge on any atom is -0.349 e. The summed E-state index contributed by atoms with van der Waals surface area (Å²) in [5.74, 6) is 0.306. The molecule has 2 aromatic carbocycles. The second-order valence-electron chi connectivity index (χ2n) is 10.3. The van der Waals surface area contributed by atoms with E-state index in [9.17, 15) is 18.0 Å². The van der Waals surface area contributed by atoms with Crippen LogP contribution in [-0.4, -0.2) is 47.1 Å². The van der Waals surface area contributed by atoms with E-state index in [0.717, 1.165) is 49.0 Å². The second kappa shape index (κ2) is 11.3. The molecule has 0 bridgehead atoms. The van der Waals surface area contributed by atoms with E-state index in [-0.39, 0.29) is 16.1 Å². The molecule has 39 heavy (non-hydrogen) atoms. The predicted molar refractivity (Wildman–Crippen MR) is 153 cm³/mol. The van der Waals surface area contributed by atoms with Crippen LogP contribution < -0.4 is 16.0 Å². The Morgan fingerprint density at radius 1 is 1.00 bits per heavy atom. The molecule has 4 aromatic rings. The molecule has 3 heterocycles. The van der Waals surface area contributed by atoms with Gasteiger partial charge in [-0.3, -0.25) is 18.8 Å². The molecule has 10 heteroatoms. The van der Waals surface area contributed by atoms with Gasteiger partial charge in [0.2, 0.25) is 10.0 Å². The fourth-order valence-electron chi connectivity index (χ4n) is 5.27. The van der Waals surface area contributed by atoms with Gasteiger partial charge >= 0.3 is 5.69 Å². The number of piperidine rings is 1. The lowest BCUT2D eigenvalue weighted by Crippen LogP contribution is -2.38. The summed E-state index contributed by atoms with van der Waals surface area (Å²) in [5.41, 5.74) is 2.84. The van der Waals surface area contributed by atoms with E-state index < -0.39 is 10.0 Å². The van der Waals surface area contributed by atoms with Gasteiger partial charge in [-0.1, -0.05) is 49.4 Å². The van der Waals surface area contributed by atoms with Crippen LogP contribution in [0.3, 0.4) is 0 Å². The van der Waals surface area contributed by atoms with Crippen LogP contribution in [-0.2, 0) is 30.2 Å². The Hall–Kier alpha value is -3.47. The Balaban J connectivity index is 1.24. The van der Waals surface area contributed by atoms with Crippen LogP contribution >= 0.6 is 0 Å². The number of hydrogen-bond donors (Lipinski definition) is 2. The molecule has 1 aliphatic heterocycles. The van der Waals surface area contributed by atoms with E-state index in [0.29, 0.717) is 35.7 Å². The van der Waals surface area contributed by atoms with Crippen LogP contribution in [0.1, 0.15) is 31.7 Å². The molecule has 0 spiro atoms. The van der Waals surface area contributed by atoms with Crippen molar-refractivity contribution in [3.63, 3.8) is 0 Å². The Bertz CT molecular complexity index is 1660. The Kier molecular flexibility index (Phi) is 7.88. The molecule has 1 aliphatic rings. The molecule has 0 radical (unpaired) electrons. The number of likely N-dealkylation sites (tertiary alicyclic amines) is 1. The highest BCUT2D eigenvalue weighted by atomic mass is 32.2. The van der Waals surface area contributed by atoms with Gasteiger partial charge in [-0.05, 0) is 67.6 Å². The number of sulfonamides is 1. The summed E-state index contributed by atoms with van der Waals surface area (Å²) in [6.07, 6.45) is 2.66. The lowest BCUT2D eigenvalue weighted by Gasteiger charge is -2.32. The molecule has 9 nitrogen and oxygen atoms in total. The van der Waals surface area contributed by atoms with Crippen LogP contribution in [0.4, 0.5) is 0 Å². The Morgan fingerprint density at radius 2 is 1.69 bits per heavy atom. The minimum atomic E-state index is -3.65. The Morgan fingerprint density at radius 3 is 2.36 bits per heavy atom. The molecule has 0 saturated carbocycles. The van der Waals surface area contributed by atoms with Crippen LogP contribution in [0.25, 0.3) is 22.3 Å². The van der Waals surface area contributed by atoms with E-state index in [1.807, 2.05) is 13.0 Å². The van der Waals surface area contributed by atoms with Gasteiger partial charge in [-0.15, -0.1) is 0 Å². The molecular weight excluding hydrogens is 514 g/mol. The smallest absolute Gasteiger partial charge is 0.331 e. The Labute approximate surface area is 228 Å². The van der Waals surface area contributed by atoms with Crippen molar-refractivity contribution in [3.8, 4) is 11.3 Å². The number of aryl methyl sites for hydroxylation is 1. The molecule has 2 N–H and O–H groups in total. The maximum atomic E-state index is 13.0. The number of fused-ring (bicyclic) bond motifs is 1. The topological polar surface area (TPSA) is 109 Å². The van der Waals surface area contributed by atoms with E-state index in [4.69, 9.17) is 0 Å². The molecule has 0 amide bonds. The number of H-pyrrole nitrogens is 1. The molecule has 2 aromatic heterocycles. The van der Waals surface area contributed by atoms with E-state index in [1.54, 1.807) is 34.9 Å². The maximum Gasteiger partial charge on any atom is 0.331 e. The molecule has 1 saturated heterocycles. The quantitative estimate of drug-likeness (QED) is 0.333. The maximum absolute atomic E-state index is 13.0. The largest absolute Gasteiger partial charge is 0.349 e. The first-order chi connectivity index (χ1) is 18.8. The van der Waals surface area contributed by atoms with Gasteiger partial charge < -0.3 is 4.98 Å². The summed E-state index contributed by atoms with van der Waals surface area (Å²) in [7, 11) is -2.18. The molecule has 0 aliphatic carbocycles. The van der Waals surface area contributed by atoms with Gasteiger partial charge in [0.15, 0.2) is 0 Å². The number of rotatable bonds is 9. The van der Waals surface area contributed by atoms with Gasteiger partial charge in [-0.2, -0.15) is 0 Å². The van der Waals surface area contributed by atoms with Gasteiger partial charge in [0.25, 0.3) is 5.56 Å². The zero-order valence-corrected chi connectivity index (χ0v) is 23.2. The van der Waals surface area contributed by atoms with Crippen LogP contribution in [0.15, 0.2) is 75.1 Å². The molecule has 206 valence electrons. The van der Waals surface area contributed by atoms with Crippen LogP contribution in [0.5, 0.6) is 0 Å². The SMILES string of the molecule is CCCn1c(=O)n(C)c(=O)c2[nH]c(-c3ccc(S(=O)(=O)NCC4CCN(Cc5ccccc5)CC4)cc3)cc21. The van der Waals surface area contributed by atoms with Crippen molar-refractivity contribution in [2.45, 2.75) is 44.2 Å². The molecular formula is C29H35N5O4S. The van der Waals surface area contributed by atoms with Gasteiger partial charge in [0.1, 0.15) is 5.52 Å². The standard InChI is InChI=1S/C29H35N5O4S/c1-3-15-34-26-18-25(31-27(26)28(35)32(2)29(34)36)23-9-11-24(12-10-23)39(37,38)30-19-21-13-16-33(17-14-21)20-22-7-5-4-6-8-22/h4-12,18,21,30-31H,3,13-17,19-20H2,1-2H3. The summed E-state index contributed by atoms with van der Waals surface area (Å²) >= 11 is 0. The van der Waals surface area contributed by atoms with Crippen LogP contribution in [0.2, 0.25) is 0 Å². The first-order valence-electron chi connectivity index (χ1n) is 13.5. The summed E-state index contributed by atoms with van der Waals surface area (Å²) in [4.78, 5) is 31.0. The number of hydrogen-bond acceptors (Lipinski definition) is 5. The third kappa shape index (κ3) is 5.78. The summed E-state index contributed by atoms with van der Waals surface area (Å²) in [6, 6.07) is 18.8. The van der Waals surface area contributed by atoms with Gasteiger partial charge in [-0.25, -0.2) is 17.9 Å². The van der Waals surface area contributed by atoms with Crippen molar-refractivity contribution in [3.05, 3.63) is 87.1 Å². The van der Waals surface area contributed by atoms with Crippen molar-refractivity contribution >= 4 is 21.1 Å². The average molecular weight is 550 g/mol.